The maximum Gasteiger partial charge on any atom is 0.225 e. The molecular weight excluding hydrogens is 424 g/mol. The second-order valence-corrected chi connectivity index (χ2v) is 10.3. The third kappa shape index (κ3) is 4.62. The fraction of sp³-hybridized carbons (Fsp3) is 0.500. The van der Waals surface area contributed by atoms with Crippen LogP contribution in [0.15, 0.2) is 48.5 Å². The number of rotatable bonds is 4. The molecule has 0 aliphatic heterocycles. The van der Waals surface area contributed by atoms with E-state index in [1.54, 1.807) is 0 Å². The standard InChI is InChI=1S/C28H36N4O2/c29-25-21-7-3-1-5-17(21)9-15-23(25)27(33)31-19-11-13-20(14-12-19)32-28(34)24-16-10-18-6-2-4-8-22(18)26(24)30/h1-8,19-20,23-26H,9-16,29-30H2,(H,31,33)(H,32,34). The zero-order chi connectivity index (χ0) is 23.7. The maximum absolute atomic E-state index is 13.0. The van der Waals surface area contributed by atoms with Crippen LogP contribution in [0.3, 0.4) is 0 Å². The van der Waals surface area contributed by atoms with Crippen LogP contribution in [0, 0.1) is 11.8 Å². The molecule has 0 spiro atoms. The van der Waals surface area contributed by atoms with E-state index in [0.717, 1.165) is 62.5 Å². The summed E-state index contributed by atoms with van der Waals surface area (Å²) in [5.74, 6) is -0.214. The monoisotopic (exact) mass is 460 g/mol. The van der Waals surface area contributed by atoms with Gasteiger partial charge in [-0.2, -0.15) is 0 Å². The Hall–Kier alpha value is -2.70. The number of carbonyl (C=O) groups excluding carboxylic acids is 2. The van der Waals surface area contributed by atoms with Gasteiger partial charge in [0.2, 0.25) is 11.8 Å². The van der Waals surface area contributed by atoms with Crippen molar-refractivity contribution in [3.05, 3.63) is 70.8 Å². The molecule has 2 amide bonds. The van der Waals surface area contributed by atoms with Crippen molar-refractivity contribution in [3.8, 4) is 0 Å². The van der Waals surface area contributed by atoms with Gasteiger partial charge in [-0.05, 0) is 73.6 Å². The van der Waals surface area contributed by atoms with Gasteiger partial charge >= 0.3 is 0 Å². The summed E-state index contributed by atoms with van der Waals surface area (Å²) in [5.41, 5.74) is 17.7. The van der Waals surface area contributed by atoms with E-state index in [9.17, 15) is 9.59 Å². The van der Waals surface area contributed by atoms with E-state index >= 15 is 0 Å². The van der Waals surface area contributed by atoms with E-state index in [-0.39, 0.29) is 47.8 Å². The van der Waals surface area contributed by atoms with Crippen molar-refractivity contribution in [2.45, 2.75) is 75.5 Å². The van der Waals surface area contributed by atoms with Crippen LogP contribution in [0.25, 0.3) is 0 Å². The number of hydrogen-bond donors (Lipinski definition) is 4. The lowest BCUT2D eigenvalue weighted by Crippen LogP contribution is -2.49. The van der Waals surface area contributed by atoms with Crippen molar-refractivity contribution in [1.82, 2.24) is 10.6 Å². The number of nitrogens with two attached hydrogens (primary N) is 2. The smallest absolute Gasteiger partial charge is 0.225 e. The summed E-state index contributed by atoms with van der Waals surface area (Å²) < 4.78 is 0. The number of aryl methyl sites for hydroxylation is 2. The summed E-state index contributed by atoms with van der Waals surface area (Å²) in [6.45, 7) is 0. The van der Waals surface area contributed by atoms with E-state index in [0.29, 0.717) is 0 Å². The van der Waals surface area contributed by atoms with Gasteiger partial charge in [0.25, 0.3) is 0 Å². The molecule has 6 nitrogen and oxygen atoms in total. The Morgan fingerprint density at radius 2 is 1.00 bits per heavy atom. The summed E-state index contributed by atoms with van der Waals surface area (Å²) >= 11 is 0. The first-order chi connectivity index (χ1) is 16.5. The number of hydrogen-bond acceptors (Lipinski definition) is 4. The first-order valence-corrected chi connectivity index (χ1v) is 12.8. The molecule has 0 heterocycles. The Balaban J connectivity index is 1.10. The normalized spacial score (nSPS) is 30.5. The zero-order valence-electron chi connectivity index (χ0n) is 19.7. The second kappa shape index (κ2) is 9.88. The highest BCUT2D eigenvalue weighted by Crippen LogP contribution is 2.34. The molecule has 0 radical (unpaired) electrons. The number of nitrogens with one attached hydrogen (secondary N) is 2. The van der Waals surface area contributed by atoms with Crippen LogP contribution in [-0.4, -0.2) is 23.9 Å². The molecule has 5 rings (SSSR count). The van der Waals surface area contributed by atoms with E-state index < -0.39 is 0 Å². The largest absolute Gasteiger partial charge is 0.353 e. The molecule has 2 aromatic rings. The lowest BCUT2D eigenvalue weighted by atomic mass is 9.79. The first kappa shape index (κ1) is 23.1. The molecule has 34 heavy (non-hydrogen) atoms. The van der Waals surface area contributed by atoms with E-state index in [2.05, 4.69) is 22.8 Å². The minimum Gasteiger partial charge on any atom is -0.353 e. The highest BCUT2D eigenvalue weighted by atomic mass is 16.2. The number of amides is 2. The molecule has 180 valence electrons. The summed E-state index contributed by atoms with van der Waals surface area (Å²) in [7, 11) is 0. The average molecular weight is 461 g/mol. The van der Waals surface area contributed by atoms with Gasteiger partial charge in [0.05, 0.1) is 11.8 Å². The second-order valence-electron chi connectivity index (χ2n) is 10.3. The lowest BCUT2D eigenvalue weighted by molar-refractivity contribution is -0.128. The summed E-state index contributed by atoms with van der Waals surface area (Å²) in [6.07, 6.45) is 6.86. The third-order valence-corrected chi connectivity index (χ3v) is 8.24. The van der Waals surface area contributed by atoms with Crippen molar-refractivity contribution < 1.29 is 9.59 Å². The Morgan fingerprint density at radius 1 is 0.618 bits per heavy atom. The molecule has 3 aliphatic carbocycles. The minimum absolute atomic E-state index is 0.0707. The summed E-state index contributed by atoms with van der Waals surface area (Å²) in [6, 6.07) is 16.2. The van der Waals surface area contributed by atoms with Gasteiger partial charge in [0.15, 0.2) is 0 Å². The maximum atomic E-state index is 13.0. The van der Waals surface area contributed by atoms with E-state index in [1.807, 2.05) is 36.4 Å². The molecule has 2 aromatic carbocycles. The molecule has 6 heteroatoms. The Morgan fingerprint density at radius 3 is 1.41 bits per heavy atom. The topological polar surface area (TPSA) is 110 Å². The van der Waals surface area contributed by atoms with Crippen LogP contribution in [0.4, 0.5) is 0 Å². The van der Waals surface area contributed by atoms with Crippen LogP contribution < -0.4 is 22.1 Å². The summed E-state index contributed by atoms with van der Waals surface area (Å²) in [5, 5.41) is 6.51. The lowest BCUT2D eigenvalue weighted by Gasteiger charge is -2.35. The fourth-order valence-corrected chi connectivity index (χ4v) is 6.18. The van der Waals surface area contributed by atoms with Gasteiger partial charge in [-0.1, -0.05) is 48.5 Å². The average Bonchev–Trinajstić information content (AvgIpc) is 2.86. The van der Waals surface area contributed by atoms with Crippen LogP contribution in [0.1, 0.15) is 72.9 Å². The number of benzene rings is 2. The van der Waals surface area contributed by atoms with Gasteiger partial charge in [-0.25, -0.2) is 0 Å². The SMILES string of the molecule is NC1c2ccccc2CCC1C(=O)NC1CCC(NC(=O)C2CCc3ccccc3C2N)CC1. The molecule has 4 unspecified atom stereocenters. The van der Waals surface area contributed by atoms with Gasteiger partial charge in [-0.3, -0.25) is 9.59 Å². The zero-order valence-corrected chi connectivity index (χ0v) is 19.7. The predicted octanol–water partition coefficient (Wildman–Crippen LogP) is 3.05. The molecule has 4 atom stereocenters. The summed E-state index contributed by atoms with van der Waals surface area (Å²) in [4.78, 5) is 26.0. The van der Waals surface area contributed by atoms with Gasteiger partial charge < -0.3 is 22.1 Å². The quantitative estimate of drug-likeness (QED) is 0.562. The van der Waals surface area contributed by atoms with Gasteiger partial charge in [-0.15, -0.1) is 0 Å². The van der Waals surface area contributed by atoms with Crippen molar-refractivity contribution in [2.24, 2.45) is 23.3 Å². The Bertz CT molecular complexity index is 963. The van der Waals surface area contributed by atoms with Crippen LogP contribution in [-0.2, 0) is 22.4 Å². The van der Waals surface area contributed by atoms with Crippen LogP contribution in [0.5, 0.6) is 0 Å². The minimum atomic E-state index is -0.245. The first-order valence-electron chi connectivity index (χ1n) is 12.8. The molecular formula is C28H36N4O2. The van der Waals surface area contributed by atoms with Crippen molar-refractivity contribution in [2.75, 3.05) is 0 Å². The number of carbonyl (C=O) groups is 2. The van der Waals surface area contributed by atoms with Crippen molar-refractivity contribution in [1.29, 1.82) is 0 Å². The highest BCUT2D eigenvalue weighted by molar-refractivity contribution is 5.81. The third-order valence-electron chi connectivity index (χ3n) is 8.24. The van der Waals surface area contributed by atoms with Crippen molar-refractivity contribution in [3.63, 3.8) is 0 Å². The van der Waals surface area contributed by atoms with E-state index in [1.165, 1.54) is 11.1 Å². The fourth-order valence-electron chi connectivity index (χ4n) is 6.18. The van der Waals surface area contributed by atoms with Crippen molar-refractivity contribution >= 4 is 11.8 Å². The highest BCUT2D eigenvalue weighted by Gasteiger charge is 2.35. The van der Waals surface area contributed by atoms with Gasteiger partial charge in [0, 0.05) is 24.2 Å². The number of fused-ring (bicyclic) bond motifs is 2. The molecule has 0 saturated heterocycles. The van der Waals surface area contributed by atoms with Crippen LogP contribution in [0.2, 0.25) is 0 Å². The molecule has 1 fully saturated rings. The molecule has 6 N–H and O–H groups in total. The predicted molar refractivity (Wildman–Crippen MR) is 133 cm³/mol. The van der Waals surface area contributed by atoms with Crippen LogP contribution >= 0.6 is 0 Å². The molecule has 0 aromatic heterocycles. The Labute approximate surface area is 201 Å². The molecule has 1 saturated carbocycles. The Kier molecular flexibility index (Phi) is 6.70. The molecule has 3 aliphatic rings. The van der Waals surface area contributed by atoms with E-state index in [4.69, 9.17) is 11.5 Å². The molecule has 0 bridgehead atoms. The van der Waals surface area contributed by atoms with Gasteiger partial charge in [0.1, 0.15) is 0 Å².